The van der Waals surface area contributed by atoms with E-state index < -0.39 is 0 Å². The minimum absolute atomic E-state index is 0.00343. The van der Waals surface area contributed by atoms with Gasteiger partial charge in [-0.05, 0) is 26.3 Å². The van der Waals surface area contributed by atoms with Crippen molar-refractivity contribution in [1.29, 1.82) is 0 Å². The monoisotopic (exact) mass is 225 g/mol. The van der Waals surface area contributed by atoms with Gasteiger partial charge in [-0.3, -0.25) is 4.79 Å². The van der Waals surface area contributed by atoms with Crippen LogP contribution in [-0.2, 0) is 0 Å². The lowest BCUT2D eigenvalue weighted by atomic mass is 10.2. The Bertz CT molecular complexity index is 344. The summed E-state index contributed by atoms with van der Waals surface area (Å²) < 4.78 is 0. The molecular weight excluding hydrogens is 210 g/mol. The molecule has 0 aromatic carbocycles. The minimum Gasteiger partial charge on any atom is -0.350 e. The van der Waals surface area contributed by atoms with Crippen molar-refractivity contribution in [1.82, 2.24) is 15.6 Å². The maximum atomic E-state index is 11.7. The standard InChI is InChI=1S/C10H15N3OS/c1-7-9(15-6-13-7)10(14)12-5-8-3-2-4-11-8/h6,8,11H,2-5H2,1H3,(H,12,14). The number of rotatable bonds is 3. The second-order valence-electron chi connectivity index (χ2n) is 3.77. The zero-order valence-corrected chi connectivity index (χ0v) is 9.56. The van der Waals surface area contributed by atoms with Crippen molar-refractivity contribution in [2.75, 3.05) is 13.1 Å². The molecule has 15 heavy (non-hydrogen) atoms. The van der Waals surface area contributed by atoms with Crippen LogP contribution in [0.1, 0.15) is 28.2 Å². The van der Waals surface area contributed by atoms with Crippen molar-refractivity contribution in [2.24, 2.45) is 0 Å². The van der Waals surface area contributed by atoms with E-state index >= 15 is 0 Å². The van der Waals surface area contributed by atoms with E-state index in [0.29, 0.717) is 6.04 Å². The average molecular weight is 225 g/mol. The van der Waals surface area contributed by atoms with Crippen LogP contribution in [0.2, 0.25) is 0 Å². The third kappa shape index (κ3) is 2.54. The summed E-state index contributed by atoms with van der Waals surface area (Å²) in [5, 5.41) is 6.28. The molecule has 1 unspecified atom stereocenters. The van der Waals surface area contributed by atoms with E-state index in [1.807, 2.05) is 6.92 Å². The van der Waals surface area contributed by atoms with Crippen LogP contribution in [-0.4, -0.2) is 30.0 Å². The van der Waals surface area contributed by atoms with E-state index in [-0.39, 0.29) is 5.91 Å². The van der Waals surface area contributed by atoms with Crippen LogP contribution < -0.4 is 10.6 Å². The summed E-state index contributed by atoms with van der Waals surface area (Å²) in [7, 11) is 0. The van der Waals surface area contributed by atoms with Gasteiger partial charge in [0.15, 0.2) is 0 Å². The Morgan fingerprint density at radius 3 is 3.27 bits per heavy atom. The fourth-order valence-electron chi connectivity index (χ4n) is 1.75. The highest BCUT2D eigenvalue weighted by atomic mass is 32.1. The lowest BCUT2D eigenvalue weighted by molar-refractivity contribution is 0.0953. The van der Waals surface area contributed by atoms with Crippen LogP contribution in [0.15, 0.2) is 5.51 Å². The van der Waals surface area contributed by atoms with E-state index in [9.17, 15) is 4.79 Å². The van der Waals surface area contributed by atoms with Crippen LogP contribution in [0, 0.1) is 6.92 Å². The smallest absolute Gasteiger partial charge is 0.263 e. The molecule has 1 aliphatic rings. The first-order valence-corrected chi connectivity index (χ1v) is 6.07. The predicted molar refractivity (Wildman–Crippen MR) is 60.2 cm³/mol. The molecule has 1 saturated heterocycles. The molecule has 4 nitrogen and oxygen atoms in total. The maximum Gasteiger partial charge on any atom is 0.263 e. The molecule has 0 bridgehead atoms. The zero-order chi connectivity index (χ0) is 10.7. The second-order valence-corrected chi connectivity index (χ2v) is 4.62. The number of thiazole rings is 1. The molecule has 1 aliphatic heterocycles. The molecule has 1 aromatic heterocycles. The van der Waals surface area contributed by atoms with Crippen molar-refractivity contribution in [2.45, 2.75) is 25.8 Å². The van der Waals surface area contributed by atoms with Crippen LogP contribution in [0.5, 0.6) is 0 Å². The number of nitrogens with zero attached hydrogens (tertiary/aromatic N) is 1. The molecular formula is C10H15N3OS. The van der Waals surface area contributed by atoms with Crippen LogP contribution in [0.3, 0.4) is 0 Å². The highest BCUT2D eigenvalue weighted by Crippen LogP contribution is 2.11. The molecule has 1 fully saturated rings. The molecule has 2 rings (SSSR count). The quantitative estimate of drug-likeness (QED) is 0.804. The van der Waals surface area contributed by atoms with E-state index in [4.69, 9.17) is 0 Å². The van der Waals surface area contributed by atoms with E-state index in [0.717, 1.165) is 30.1 Å². The molecule has 1 atom stereocenters. The van der Waals surface area contributed by atoms with Gasteiger partial charge in [0.05, 0.1) is 11.2 Å². The van der Waals surface area contributed by atoms with Crippen molar-refractivity contribution in [3.05, 3.63) is 16.1 Å². The van der Waals surface area contributed by atoms with Gasteiger partial charge in [-0.2, -0.15) is 0 Å². The van der Waals surface area contributed by atoms with Crippen LogP contribution in [0.4, 0.5) is 0 Å². The minimum atomic E-state index is 0.00343. The van der Waals surface area contributed by atoms with Gasteiger partial charge in [-0.15, -0.1) is 11.3 Å². The largest absolute Gasteiger partial charge is 0.350 e. The summed E-state index contributed by atoms with van der Waals surface area (Å²) >= 11 is 1.40. The molecule has 0 saturated carbocycles. The normalized spacial score (nSPS) is 20.5. The zero-order valence-electron chi connectivity index (χ0n) is 8.75. The Hall–Kier alpha value is -0.940. The first kappa shape index (κ1) is 10.6. The van der Waals surface area contributed by atoms with Crippen LogP contribution in [0.25, 0.3) is 0 Å². The topological polar surface area (TPSA) is 54.0 Å². The molecule has 2 heterocycles. The lowest BCUT2D eigenvalue weighted by Crippen LogP contribution is -2.37. The molecule has 82 valence electrons. The third-order valence-electron chi connectivity index (χ3n) is 2.62. The number of aryl methyl sites for hydroxylation is 1. The second kappa shape index (κ2) is 4.72. The van der Waals surface area contributed by atoms with E-state index in [2.05, 4.69) is 15.6 Å². The number of hydrogen-bond donors (Lipinski definition) is 2. The highest BCUT2D eigenvalue weighted by Gasteiger charge is 2.16. The van der Waals surface area contributed by atoms with Crippen LogP contribution >= 0.6 is 11.3 Å². The molecule has 0 aliphatic carbocycles. The summed E-state index contributed by atoms with van der Waals surface area (Å²) in [6.07, 6.45) is 2.36. The van der Waals surface area contributed by atoms with Gasteiger partial charge < -0.3 is 10.6 Å². The predicted octanol–water partition coefficient (Wildman–Crippen LogP) is 0.933. The summed E-state index contributed by atoms with van der Waals surface area (Å²) in [5.74, 6) is 0.00343. The first-order chi connectivity index (χ1) is 7.27. The number of aromatic nitrogens is 1. The Balaban J connectivity index is 1.84. The number of nitrogens with one attached hydrogen (secondary N) is 2. The Morgan fingerprint density at radius 2 is 2.67 bits per heavy atom. The molecule has 1 amide bonds. The van der Waals surface area contributed by atoms with Crippen molar-refractivity contribution in [3.8, 4) is 0 Å². The number of amides is 1. The van der Waals surface area contributed by atoms with Gasteiger partial charge in [-0.1, -0.05) is 0 Å². The maximum absolute atomic E-state index is 11.7. The van der Waals surface area contributed by atoms with Gasteiger partial charge in [0.1, 0.15) is 4.88 Å². The van der Waals surface area contributed by atoms with E-state index in [1.165, 1.54) is 17.8 Å². The SMILES string of the molecule is Cc1ncsc1C(=O)NCC1CCCN1. The fraction of sp³-hybridized carbons (Fsp3) is 0.600. The Kier molecular flexibility index (Phi) is 3.33. The summed E-state index contributed by atoms with van der Waals surface area (Å²) in [5.41, 5.74) is 2.52. The molecule has 0 radical (unpaired) electrons. The summed E-state index contributed by atoms with van der Waals surface area (Å²) in [6.45, 7) is 3.65. The Morgan fingerprint density at radius 1 is 1.80 bits per heavy atom. The average Bonchev–Trinajstić information content (AvgIpc) is 2.84. The third-order valence-corrected chi connectivity index (χ3v) is 3.55. The van der Waals surface area contributed by atoms with Gasteiger partial charge in [0.25, 0.3) is 5.91 Å². The summed E-state index contributed by atoms with van der Waals surface area (Å²) in [6, 6.07) is 0.446. The molecule has 1 aromatic rings. The molecule has 2 N–H and O–H groups in total. The number of carbonyl (C=O) groups is 1. The Labute approximate surface area is 93.1 Å². The van der Waals surface area contributed by atoms with Gasteiger partial charge in [0, 0.05) is 12.6 Å². The fourth-order valence-corrected chi connectivity index (χ4v) is 2.47. The van der Waals surface area contributed by atoms with Crippen molar-refractivity contribution >= 4 is 17.2 Å². The lowest BCUT2D eigenvalue weighted by Gasteiger charge is -2.10. The number of carbonyl (C=O) groups excluding carboxylic acids is 1. The molecule has 5 heteroatoms. The van der Waals surface area contributed by atoms with Crippen molar-refractivity contribution in [3.63, 3.8) is 0 Å². The van der Waals surface area contributed by atoms with Crippen molar-refractivity contribution < 1.29 is 4.79 Å². The first-order valence-electron chi connectivity index (χ1n) is 5.19. The van der Waals surface area contributed by atoms with Gasteiger partial charge in [0.2, 0.25) is 0 Å². The number of hydrogen-bond acceptors (Lipinski definition) is 4. The molecule has 0 spiro atoms. The summed E-state index contributed by atoms with van der Waals surface area (Å²) in [4.78, 5) is 16.5. The van der Waals surface area contributed by atoms with Gasteiger partial charge >= 0.3 is 0 Å². The van der Waals surface area contributed by atoms with Gasteiger partial charge in [-0.25, -0.2) is 4.98 Å². The highest BCUT2D eigenvalue weighted by molar-refractivity contribution is 7.11. The van der Waals surface area contributed by atoms with E-state index in [1.54, 1.807) is 5.51 Å².